The summed E-state index contributed by atoms with van der Waals surface area (Å²) >= 11 is 0. The molecule has 70 valence electrons. The first kappa shape index (κ1) is 9.38. The quantitative estimate of drug-likeness (QED) is 0.708. The molecule has 0 bridgehead atoms. The number of carboxylic acids is 1. The van der Waals surface area contributed by atoms with E-state index in [9.17, 15) is 13.6 Å². The van der Waals surface area contributed by atoms with Crippen LogP contribution in [0.2, 0.25) is 0 Å². The van der Waals surface area contributed by atoms with Gasteiger partial charge in [0, 0.05) is 0 Å². The molecule has 1 aliphatic heterocycles. The Hall–Kier alpha value is -0.710. The summed E-state index contributed by atoms with van der Waals surface area (Å²) in [7, 11) is 0. The molecule has 0 aromatic rings. The van der Waals surface area contributed by atoms with Crippen LogP contribution in [-0.2, 0) is 9.53 Å². The van der Waals surface area contributed by atoms with Gasteiger partial charge >= 0.3 is 11.9 Å². The Morgan fingerprint density at radius 2 is 2.17 bits per heavy atom. The fraction of sp³-hybridized carbons (Fsp3) is 0.857. The number of hydrogen-bond donors (Lipinski definition) is 1. The van der Waals surface area contributed by atoms with Crippen molar-refractivity contribution in [3.8, 4) is 0 Å². The topological polar surface area (TPSA) is 46.5 Å². The molecule has 0 saturated carbocycles. The molecule has 1 saturated heterocycles. The highest BCUT2D eigenvalue weighted by Crippen LogP contribution is 2.45. The number of aliphatic carboxylic acids is 1. The number of alkyl halides is 2. The molecule has 0 unspecified atom stereocenters. The molecular weight excluding hydrogens is 170 g/mol. The highest BCUT2D eigenvalue weighted by molar-refractivity contribution is 5.76. The van der Waals surface area contributed by atoms with Crippen molar-refractivity contribution < 1.29 is 23.4 Å². The second kappa shape index (κ2) is 2.65. The summed E-state index contributed by atoms with van der Waals surface area (Å²) in [5, 5.41) is 8.27. The Labute approximate surface area is 68.3 Å². The molecule has 1 fully saturated rings. The van der Waals surface area contributed by atoms with Crippen LogP contribution in [0.5, 0.6) is 0 Å². The van der Waals surface area contributed by atoms with Crippen molar-refractivity contribution in [2.24, 2.45) is 5.41 Å². The van der Waals surface area contributed by atoms with Gasteiger partial charge in [-0.2, -0.15) is 8.78 Å². The van der Waals surface area contributed by atoms with E-state index >= 15 is 0 Å². The molecule has 1 aliphatic rings. The Bertz CT molecular complexity index is 193. The molecule has 12 heavy (non-hydrogen) atoms. The fourth-order valence-corrected chi connectivity index (χ4v) is 1.18. The Morgan fingerprint density at radius 3 is 2.25 bits per heavy atom. The maximum absolute atomic E-state index is 13.0. The smallest absolute Gasteiger partial charge is 0.375 e. The molecular formula is C7H10F2O3. The predicted molar refractivity (Wildman–Crippen MR) is 36.1 cm³/mol. The first-order valence-electron chi connectivity index (χ1n) is 3.65. The molecule has 1 heterocycles. The van der Waals surface area contributed by atoms with E-state index in [-0.39, 0.29) is 19.6 Å². The lowest BCUT2D eigenvalue weighted by Gasteiger charge is -2.43. The first-order valence-corrected chi connectivity index (χ1v) is 3.65. The van der Waals surface area contributed by atoms with Gasteiger partial charge in [-0.15, -0.1) is 0 Å². The van der Waals surface area contributed by atoms with Crippen molar-refractivity contribution in [2.45, 2.75) is 19.3 Å². The molecule has 0 spiro atoms. The van der Waals surface area contributed by atoms with Gasteiger partial charge in [0.25, 0.3) is 0 Å². The molecule has 0 aliphatic carbocycles. The second-order valence-corrected chi connectivity index (χ2v) is 3.01. The van der Waals surface area contributed by atoms with Gasteiger partial charge in [-0.1, -0.05) is 6.92 Å². The minimum atomic E-state index is -3.67. The first-order chi connectivity index (χ1) is 5.46. The SMILES string of the molecule is CCC1(C(F)(F)C(=O)O)COC1. The number of ether oxygens (including phenoxy) is 1. The van der Waals surface area contributed by atoms with E-state index < -0.39 is 17.3 Å². The Balaban J connectivity index is 2.84. The molecule has 0 aromatic carbocycles. The van der Waals surface area contributed by atoms with Crippen LogP contribution in [0.25, 0.3) is 0 Å². The predicted octanol–water partition coefficient (Wildman–Crippen LogP) is 1.13. The Kier molecular flexibility index (Phi) is 2.07. The third-order valence-corrected chi connectivity index (χ3v) is 2.37. The summed E-state index contributed by atoms with van der Waals surface area (Å²) in [4.78, 5) is 10.2. The Morgan fingerprint density at radius 1 is 1.67 bits per heavy atom. The van der Waals surface area contributed by atoms with Gasteiger partial charge < -0.3 is 9.84 Å². The lowest BCUT2D eigenvalue weighted by atomic mass is 9.77. The van der Waals surface area contributed by atoms with E-state index in [0.29, 0.717) is 0 Å². The lowest BCUT2D eigenvalue weighted by molar-refractivity contribution is -0.248. The highest BCUT2D eigenvalue weighted by Gasteiger charge is 2.62. The maximum atomic E-state index is 13.0. The second-order valence-electron chi connectivity index (χ2n) is 3.01. The number of carbonyl (C=O) groups is 1. The maximum Gasteiger partial charge on any atom is 0.375 e. The van der Waals surface area contributed by atoms with Crippen LogP contribution in [0.15, 0.2) is 0 Å². The van der Waals surface area contributed by atoms with E-state index in [4.69, 9.17) is 5.11 Å². The summed E-state index contributed by atoms with van der Waals surface area (Å²) < 4.78 is 30.6. The number of carboxylic acid groups (broad SMARTS) is 1. The highest BCUT2D eigenvalue weighted by atomic mass is 19.3. The van der Waals surface area contributed by atoms with Crippen LogP contribution >= 0.6 is 0 Å². The van der Waals surface area contributed by atoms with E-state index in [1.54, 1.807) is 6.92 Å². The minimum Gasteiger partial charge on any atom is -0.477 e. The fourth-order valence-electron chi connectivity index (χ4n) is 1.18. The van der Waals surface area contributed by atoms with E-state index in [1.807, 2.05) is 0 Å². The van der Waals surface area contributed by atoms with Crippen molar-refractivity contribution in [3.63, 3.8) is 0 Å². The zero-order chi connectivity index (χ0) is 9.41. The normalized spacial score (nSPS) is 21.6. The van der Waals surface area contributed by atoms with Crippen molar-refractivity contribution in [1.82, 2.24) is 0 Å². The molecule has 3 nitrogen and oxygen atoms in total. The zero-order valence-corrected chi connectivity index (χ0v) is 6.64. The third kappa shape index (κ3) is 0.998. The molecule has 5 heteroatoms. The van der Waals surface area contributed by atoms with Gasteiger partial charge in [-0.3, -0.25) is 0 Å². The molecule has 0 atom stereocenters. The molecule has 0 radical (unpaired) electrons. The zero-order valence-electron chi connectivity index (χ0n) is 6.64. The van der Waals surface area contributed by atoms with Crippen molar-refractivity contribution in [1.29, 1.82) is 0 Å². The molecule has 1 rings (SSSR count). The van der Waals surface area contributed by atoms with Crippen LogP contribution in [0.3, 0.4) is 0 Å². The summed E-state index contributed by atoms with van der Waals surface area (Å²) in [5.41, 5.74) is -1.47. The van der Waals surface area contributed by atoms with Gasteiger partial charge in [0.1, 0.15) is 0 Å². The third-order valence-electron chi connectivity index (χ3n) is 2.37. The van der Waals surface area contributed by atoms with Gasteiger partial charge in [0.05, 0.1) is 18.6 Å². The van der Waals surface area contributed by atoms with E-state index in [2.05, 4.69) is 4.74 Å². The summed E-state index contributed by atoms with van der Waals surface area (Å²) in [6.07, 6.45) is 0.117. The number of halogens is 2. The van der Waals surface area contributed by atoms with Gasteiger partial charge in [-0.05, 0) is 6.42 Å². The molecule has 0 amide bonds. The summed E-state index contributed by atoms with van der Waals surface area (Å²) in [6.45, 7) is 1.21. The number of hydrogen-bond acceptors (Lipinski definition) is 2. The molecule has 0 aromatic heterocycles. The van der Waals surface area contributed by atoms with Gasteiger partial charge in [0.15, 0.2) is 0 Å². The van der Waals surface area contributed by atoms with Crippen LogP contribution < -0.4 is 0 Å². The van der Waals surface area contributed by atoms with Crippen molar-refractivity contribution in [3.05, 3.63) is 0 Å². The standard InChI is InChI=1S/C7H10F2O3/c1-2-6(3-12-4-6)7(8,9)5(10)11/h2-4H2,1H3,(H,10,11). The van der Waals surface area contributed by atoms with Gasteiger partial charge in [-0.25, -0.2) is 4.79 Å². The molecule has 1 N–H and O–H groups in total. The van der Waals surface area contributed by atoms with E-state index in [0.717, 1.165) is 0 Å². The average molecular weight is 180 g/mol. The van der Waals surface area contributed by atoms with E-state index in [1.165, 1.54) is 0 Å². The lowest BCUT2D eigenvalue weighted by Crippen LogP contribution is -2.58. The number of rotatable bonds is 3. The monoisotopic (exact) mass is 180 g/mol. The van der Waals surface area contributed by atoms with Crippen LogP contribution in [0, 0.1) is 5.41 Å². The van der Waals surface area contributed by atoms with Gasteiger partial charge in [0.2, 0.25) is 0 Å². The largest absolute Gasteiger partial charge is 0.477 e. The summed E-state index contributed by atoms with van der Waals surface area (Å²) in [5.74, 6) is -5.73. The average Bonchev–Trinajstić information content (AvgIpc) is 1.85. The summed E-state index contributed by atoms with van der Waals surface area (Å²) in [6, 6.07) is 0. The minimum absolute atomic E-state index is 0.117. The van der Waals surface area contributed by atoms with Crippen molar-refractivity contribution >= 4 is 5.97 Å². The van der Waals surface area contributed by atoms with Crippen LogP contribution in [0.4, 0.5) is 8.78 Å². The van der Waals surface area contributed by atoms with Crippen LogP contribution in [0.1, 0.15) is 13.3 Å². The van der Waals surface area contributed by atoms with Crippen molar-refractivity contribution in [2.75, 3.05) is 13.2 Å². The van der Waals surface area contributed by atoms with Crippen LogP contribution in [-0.4, -0.2) is 30.2 Å².